The fraction of sp³-hybridized carbons (Fsp3) is 0.636. The van der Waals surface area contributed by atoms with Gasteiger partial charge in [0.1, 0.15) is 6.10 Å². The zero-order chi connectivity index (χ0) is 20.6. The molecule has 0 radical (unpaired) electrons. The molecule has 160 valence electrons. The van der Waals surface area contributed by atoms with Gasteiger partial charge in [-0.1, -0.05) is 6.07 Å². The van der Waals surface area contributed by atoms with Crippen LogP contribution in [0.15, 0.2) is 18.2 Å². The molecule has 2 amide bonds. The van der Waals surface area contributed by atoms with Crippen LogP contribution in [0.5, 0.6) is 11.5 Å². The van der Waals surface area contributed by atoms with E-state index in [0.717, 1.165) is 24.8 Å². The maximum Gasteiger partial charge on any atom is 0.251 e. The number of benzene rings is 1. The zero-order valence-corrected chi connectivity index (χ0v) is 17.5. The van der Waals surface area contributed by atoms with E-state index >= 15 is 0 Å². The van der Waals surface area contributed by atoms with Crippen LogP contribution in [0.3, 0.4) is 0 Å². The molecule has 2 saturated heterocycles. The fourth-order valence-electron chi connectivity index (χ4n) is 3.91. The molecule has 1 aromatic carbocycles. The summed E-state index contributed by atoms with van der Waals surface area (Å²) < 4.78 is 16.5. The lowest BCUT2D eigenvalue weighted by atomic mass is 10.1. The first-order chi connectivity index (χ1) is 14.1. The normalized spacial score (nSPS) is 19.7. The highest BCUT2D eigenvalue weighted by Crippen LogP contribution is 2.28. The van der Waals surface area contributed by atoms with E-state index in [2.05, 4.69) is 0 Å². The highest BCUT2D eigenvalue weighted by atomic mass is 16.5. The van der Waals surface area contributed by atoms with E-state index in [-0.39, 0.29) is 17.9 Å². The van der Waals surface area contributed by atoms with Crippen molar-refractivity contribution in [2.24, 2.45) is 0 Å². The smallest absolute Gasteiger partial charge is 0.251 e. The van der Waals surface area contributed by atoms with Gasteiger partial charge >= 0.3 is 0 Å². The van der Waals surface area contributed by atoms with Gasteiger partial charge in [0.15, 0.2) is 11.5 Å². The van der Waals surface area contributed by atoms with Crippen molar-refractivity contribution >= 4 is 11.8 Å². The van der Waals surface area contributed by atoms with E-state index in [1.54, 1.807) is 7.11 Å². The molecule has 7 nitrogen and oxygen atoms in total. The highest BCUT2D eigenvalue weighted by molar-refractivity contribution is 5.81. The third-order valence-corrected chi connectivity index (χ3v) is 5.52. The molecule has 0 bridgehead atoms. The van der Waals surface area contributed by atoms with Crippen LogP contribution in [0.4, 0.5) is 0 Å². The van der Waals surface area contributed by atoms with Crippen LogP contribution in [0, 0.1) is 0 Å². The number of carbonyl (C=O) groups is 2. The van der Waals surface area contributed by atoms with Crippen molar-refractivity contribution < 1.29 is 23.8 Å². The van der Waals surface area contributed by atoms with E-state index in [9.17, 15) is 9.59 Å². The minimum absolute atomic E-state index is 0.0817. The number of nitrogens with zero attached hydrogens (tertiary/aromatic N) is 2. The second-order valence-electron chi connectivity index (χ2n) is 7.48. The van der Waals surface area contributed by atoms with Gasteiger partial charge in [-0.25, -0.2) is 0 Å². The third-order valence-electron chi connectivity index (χ3n) is 5.52. The van der Waals surface area contributed by atoms with Gasteiger partial charge in [0, 0.05) is 39.2 Å². The molecule has 1 unspecified atom stereocenters. The largest absolute Gasteiger partial charge is 0.493 e. The molecule has 1 atom stereocenters. The van der Waals surface area contributed by atoms with Gasteiger partial charge in [-0.2, -0.15) is 0 Å². The standard InChI is InChI=1S/C22H32N2O5/c1-3-28-18-9-7-17(16-20(18)27-2)8-10-21(25)23-11-5-12-24(14-13-23)22(26)19-6-4-15-29-19/h7,9,16,19H,3-6,8,10-15H2,1-2H3. The van der Waals surface area contributed by atoms with Gasteiger partial charge < -0.3 is 24.0 Å². The molecule has 7 heteroatoms. The first-order valence-corrected chi connectivity index (χ1v) is 10.6. The molecule has 0 saturated carbocycles. The van der Waals surface area contributed by atoms with Crippen molar-refractivity contribution in [3.63, 3.8) is 0 Å². The third kappa shape index (κ3) is 5.63. The molecule has 0 aromatic heterocycles. The molecule has 0 spiro atoms. The van der Waals surface area contributed by atoms with Crippen molar-refractivity contribution in [3.05, 3.63) is 23.8 Å². The molecule has 3 rings (SSSR count). The first-order valence-electron chi connectivity index (χ1n) is 10.6. The van der Waals surface area contributed by atoms with Crippen LogP contribution in [-0.4, -0.2) is 74.2 Å². The minimum atomic E-state index is -0.285. The Labute approximate surface area is 172 Å². The molecule has 1 aromatic rings. The SMILES string of the molecule is CCOc1ccc(CCC(=O)N2CCCN(C(=O)C3CCCO3)CC2)cc1OC. The van der Waals surface area contributed by atoms with Crippen LogP contribution >= 0.6 is 0 Å². The highest BCUT2D eigenvalue weighted by Gasteiger charge is 2.30. The number of amides is 2. The van der Waals surface area contributed by atoms with E-state index in [1.165, 1.54) is 0 Å². The number of ether oxygens (including phenoxy) is 3. The topological polar surface area (TPSA) is 68.3 Å². The number of methoxy groups -OCH3 is 1. The van der Waals surface area contributed by atoms with Crippen molar-refractivity contribution in [1.29, 1.82) is 0 Å². The summed E-state index contributed by atoms with van der Waals surface area (Å²) in [6, 6.07) is 5.80. The monoisotopic (exact) mass is 404 g/mol. The summed E-state index contributed by atoms with van der Waals surface area (Å²) in [4.78, 5) is 29.0. The van der Waals surface area contributed by atoms with Crippen LogP contribution < -0.4 is 9.47 Å². The Bertz CT molecular complexity index is 702. The molecular formula is C22H32N2O5. The quantitative estimate of drug-likeness (QED) is 0.697. The maximum atomic E-state index is 12.7. The van der Waals surface area contributed by atoms with Crippen LogP contribution in [0.2, 0.25) is 0 Å². The first kappa shape index (κ1) is 21.4. The lowest BCUT2D eigenvalue weighted by molar-refractivity contribution is -0.141. The molecule has 2 heterocycles. The number of aryl methyl sites for hydroxylation is 1. The predicted molar refractivity (Wildman–Crippen MR) is 109 cm³/mol. The van der Waals surface area contributed by atoms with Crippen molar-refractivity contribution in [3.8, 4) is 11.5 Å². The van der Waals surface area contributed by atoms with Crippen LogP contribution in [0.25, 0.3) is 0 Å². The minimum Gasteiger partial charge on any atom is -0.493 e. The Balaban J connectivity index is 1.50. The van der Waals surface area contributed by atoms with Crippen LogP contribution in [-0.2, 0) is 20.7 Å². The molecule has 2 aliphatic rings. The zero-order valence-electron chi connectivity index (χ0n) is 17.5. The van der Waals surface area contributed by atoms with Crippen molar-refractivity contribution in [1.82, 2.24) is 9.80 Å². The molecule has 2 aliphatic heterocycles. The maximum absolute atomic E-state index is 12.7. The summed E-state index contributed by atoms with van der Waals surface area (Å²) in [7, 11) is 1.62. The van der Waals surface area contributed by atoms with Gasteiger partial charge in [-0.05, 0) is 50.3 Å². The number of hydrogen-bond donors (Lipinski definition) is 0. The summed E-state index contributed by atoms with van der Waals surface area (Å²) in [5.41, 5.74) is 1.05. The lowest BCUT2D eigenvalue weighted by Gasteiger charge is -2.24. The van der Waals surface area contributed by atoms with Crippen molar-refractivity contribution in [2.75, 3.05) is 46.5 Å². The van der Waals surface area contributed by atoms with E-state index in [4.69, 9.17) is 14.2 Å². The summed E-state index contributed by atoms with van der Waals surface area (Å²) >= 11 is 0. The van der Waals surface area contributed by atoms with Crippen molar-refractivity contribution in [2.45, 2.75) is 45.1 Å². The number of carbonyl (C=O) groups excluding carboxylic acids is 2. The molecule has 29 heavy (non-hydrogen) atoms. The Kier molecular flexibility index (Phi) is 7.75. The molecular weight excluding hydrogens is 372 g/mol. The van der Waals surface area contributed by atoms with E-state index in [0.29, 0.717) is 63.7 Å². The lowest BCUT2D eigenvalue weighted by Crippen LogP contribution is -2.41. The Morgan fingerprint density at radius 3 is 2.62 bits per heavy atom. The number of rotatable bonds is 7. The summed E-state index contributed by atoms with van der Waals surface area (Å²) in [6.07, 6.45) is 3.37. The predicted octanol–water partition coefficient (Wildman–Crippen LogP) is 2.27. The Hall–Kier alpha value is -2.28. The fourth-order valence-corrected chi connectivity index (χ4v) is 3.91. The van der Waals surface area contributed by atoms with E-state index < -0.39 is 0 Å². The van der Waals surface area contributed by atoms with Crippen LogP contribution in [0.1, 0.15) is 38.2 Å². The van der Waals surface area contributed by atoms with Gasteiger partial charge in [0.25, 0.3) is 5.91 Å². The Morgan fingerprint density at radius 2 is 1.90 bits per heavy atom. The van der Waals surface area contributed by atoms with E-state index in [1.807, 2.05) is 34.9 Å². The average Bonchev–Trinajstić information content (AvgIpc) is 3.17. The average molecular weight is 405 g/mol. The van der Waals surface area contributed by atoms with Gasteiger partial charge in [-0.3, -0.25) is 9.59 Å². The molecule has 2 fully saturated rings. The van der Waals surface area contributed by atoms with Gasteiger partial charge in [0.2, 0.25) is 5.91 Å². The second-order valence-corrected chi connectivity index (χ2v) is 7.48. The van der Waals surface area contributed by atoms with Gasteiger partial charge in [0.05, 0.1) is 13.7 Å². The summed E-state index contributed by atoms with van der Waals surface area (Å²) in [5, 5.41) is 0. The number of hydrogen-bond acceptors (Lipinski definition) is 5. The second kappa shape index (κ2) is 10.5. The summed E-state index contributed by atoms with van der Waals surface area (Å²) in [5.74, 6) is 1.62. The molecule has 0 aliphatic carbocycles. The van der Waals surface area contributed by atoms with Gasteiger partial charge in [-0.15, -0.1) is 0 Å². The Morgan fingerprint density at radius 1 is 1.10 bits per heavy atom. The molecule has 0 N–H and O–H groups in total. The summed E-state index contributed by atoms with van der Waals surface area (Å²) in [6.45, 7) is 5.74.